The molecule has 0 spiro atoms. The van der Waals surface area contributed by atoms with Crippen LogP contribution in [0.4, 0.5) is 5.69 Å². The third-order valence-corrected chi connectivity index (χ3v) is 2.65. The third-order valence-electron chi connectivity index (χ3n) is 2.65. The number of nitrogens with zero attached hydrogens (tertiary/aromatic N) is 2. The van der Waals surface area contributed by atoms with Crippen LogP contribution in [0.25, 0.3) is 0 Å². The first-order valence-corrected chi connectivity index (χ1v) is 5.61. The van der Waals surface area contributed by atoms with Gasteiger partial charge in [-0.1, -0.05) is 0 Å². The zero-order valence-corrected chi connectivity index (χ0v) is 11.2. The second-order valence-electron chi connectivity index (χ2n) is 4.02. The predicted molar refractivity (Wildman–Crippen MR) is 69.9 cm³/mol. The summed E-state index contributed by atoms with van der Waals surface area (Å²) in [7, 11) is 0. The first kappa shape index (κ1) is 14.8. The van der Waals surface area contributed by atoms with E-state index >= 15 is 0 Å². The molecule has 0 aliphatic carbocycles. The van der Waals surface area contributed by atoms with Gasteiger partial charge >= 0.3 is 0 Å². The number of nitrogens with one attached hydrogen (secondary N) is 2. The minimum Gasteiger partial charge on any atom is -0.375 e. The molecule has 0 saturated carbocycles. The number of rotatable bonds is 2. The van der Waals surface area contributed by atoms with Crippen LogP contribution in [0, 0.1) is 6.92 Å². The number of amides is 1. The number of anilines is 1. The third kappa shape index (κ3) is 3.63. The Labute approximate surface area is 112 Å². The van der Waals surface area contributed by atoms with Crippen LogP contribution in [0.15, 0.2) is 12.4 Å². The molecule has 0 aromatic carbocycles. The monoisotopic (exact) mass is 272 g/mol. The SMILES string of the molecule is Cc1ncc(NC(=O)[C@H]2NCCO[C@@H]2C)cn1.Cl. The maximum absolute atomic E-state index is 12.0. The van der Waals surface area contributed by atoms with Crippen molar-refractivity contribution in [1.29, 1.82) is 0 Å². The maximum Gasteiger partial charge on any atom is 0.244 e. The number of hydrogen-bond donors (Lipinski definition) is 2. The zero-order valence-electron chi connectivity index (χ0n) is 10.3. The van der Waals surface area contributed by atoms with E-state index in [4.69, 9.17) is 4.74 Å². The summed E-state index contributed by atoms with van der Waals surface area (Å²) in [6.45, 7) is 5.00. The number of aromatic nitrogens is 2. The van der Waals surface area contributed by atoms with E-state index in [0.717, 1.165) is 0 Å². The van der Waals surface area contributed by atoms with Gasteiger partial charge in [-0.15, -0.1) is 12.4 Å². The smallest absolute Gasteiger partial charge is 0.244 e. The van der Waals surface area contributed by atoms with Crippen LogP contribution < -0.4 is 10.6 Å². The molecule has 1 aromatic rings. The Balaban J connectivity index is 0.00000162. The predicted octanol–water partition coefficient (Wildman–Crippen LogP) is 0.522. The summed E-state index contributed by atoms with van der Waals surface area (Å²) in [5, 5.41) is 5.89. The van der Waals surface area contributed by atoms with Crippen LogP contribution in [-0.4, -0.2) is 41.2 Å². The van der Waals surface area contributed by atoms with Crippen LogP contribution in [0.5, 0.6) is 0 Å². The number of carbonyl (C=O) groups excluding carboxylic acids is 1. The fourth-order valence-corrected chi connectivity index (χ4v) is 1.70. The molecule has 0 unspecified atom stereocenters. The second-order valence-corrected chi connectivity index (χ2v) is 4.02. The van der Waals surface area contributed by atoms with Gasteiger partial charge in [-0.25, -0.2) is 9.97 Å². The first-order valence-electron chi connectivity index (χ1n) is 5.61. The fraction of sp³-hybridized carbons (Fsp3) is 0.545. The van der Waals surface area contributed by atoms with Gasteiger partial charge in [-0.2, -0.15) is 0 Å². The van der Waals surface area contributed by atoms with Crippen molar-refractivity contribution in [1.82, 2.24) is 15.3 Å². The molecule has 1 aliphatic heterocycles. The Bertz CT molecular complexity index is 399. The van der Waals surface area contributed by atoms with Crippen molar-refractivity contribution in [3.05, 3.63) is 18.2 Å². The number of carbonyl (C=O) groups is 1. The van der Waals surface area contributed by atoms with Gasteiger partial charge in [0.15, 0.2) is 0 Å². The lowest BCUT2D eigenvalue weighted by molar-refractivity contribution is -0.123. The second kappa shape index (κ2) is 6.63. The summed E-state index contributed by atoms with van der Waals surface area (Å²) >= 11 is 0. The van der Waals surface area contributed by atoms with E-state index in [9.17, 15) is 4.79 Å². The van der Waals surface area contributed by atoms with Gasteiger partial charge in [-0.3, -0.25) is 4.79 Å². The molecule has 2 N–H and O–H groups in total. The number of ether oxygens (including phenoxy) is 1. The molecule has 2 rings (SSSR count). The standard InChI is InChI=1S/C11H16N4O2.ClH/c1-7-10(12-3-4-17-7)11(16)15-9-5-13-8(2)14-6-9;/h5-7,10,12H,3-4H2,1-2H3,(H,15,16);1H/t7-,10+;/m1./s1. The molecule has 100 valence electrons. The van der Waals surface area contributed by atoms with Crippen molar-refractivity contribution in [2.75, 3.05) is 18.5 Å². The lowest BCUT2D eigenvalue weighted by Crippen LogP contribution is -2.53. The van der Waals surface area contributed by atoms with Crippen LogP contribution in [0.1, 0.15) is 12.7 Å². The molecule has 1 aromatic heterocycles. The van der Waals surface area contributed by atoms with Crippen LogP contribution in [0.3, 0.4) is 0 Å². The molecular weight excluding hydrogens is 256 g/mol. The molecule has 1 aliphatic rings. The molecule has 6 nitrogen and oxygen atoms in total. The first-order chi connectivity index (χ1) is 8.16. The van der Waals surface area contributed by atoms with Crippen molar-refractivity contribution in [2.24, 2.45) is 0 Å². The normalized spacial score (nSPS) is 23.0. The van der Waals surface area contributed by atoms with E-state index in [2.05, 4.69) is 20.6 Å². The van der Waals surface area contributed by atoms with E-state index in [1.807, 2.05) is 6.92 Å². The molecular formula is C11H17ClN4O2. The topological polar surface area (TPSA) is 76.1 Å². The van der Waals surface area contributed by atoms with E-state index < -0.39 is 0 Å². The van der Waals surface area contributed by atoms with Gasteiger partial charge in [0.2, 0.25) is 5.91 Å². The minimum atomic E-state index is -0.329. The van der Waals surface area contributed by atoms with Gasteiger partial charge in [0, 0.05) is 6.54 Å². The molecule has 0 radical (unpaired) electrons. The van der Waals surface area contributed by atoms with Crippen LogP contribution >= 0.6 is 12.4 Å². The van der Waals surface area contributed by atoms with Gasteiger partial charge in [0.25, 0.3) is 0 Å². The highest BCUT2D eigenvalue weighted by atomic mass is 35.5. The average Bonchev–Trinajstić information content (AvgIpc) is 2.32. The Morgan fingerprint density at radius 1 is 1.50 bits per heavy atom. The van der Waals surface area contributed by atoms with Crippen molar-refractivity contribution in [3.8, 4) is 0 Å². The molecule has 7 heteroatoms. The fourth-order valence-electron chi connectivity index (χ4n) is 1.70. The van der Waals surface area contributed by atoms with Crippen molar-refractivity contribution in [2.45, 2.75) is 26.0 Å². The van der Waals surface area contributed by atoms with E-state index in [1.54, 1.807) is 19.3 Å². The molecule has 1 amide bonds. The van der Waals surface area contributed by atoms with Gasteiger partial charge in [0.05, 0.1) is 30.8 Å². The molecule has 1 fully saturated rings. The van der Waals surface area contributed by atoms with Crippen molar-refractivity contribution in [3.63, 3.8) is 0 Å². The largest absolute Gasteiger partial charge is 0.375 e. The summed E-state index contributed by atoms with van der Waals surface area (Å²) in [5.74, 6) is 0.556. The Hall–Kier alpha value is -1.24. The highest BCUT2D eigenvalue weighted by Crippen LogP contribution is 2.08. The summed E-state index contributed by atoms with van der Waals surface area (Å²) in [6, 6.07) is -0.329. The summed E-state index contributed by atoms with van der Waals surface area (Å²) in [5.41, 5.74) is 0.597. The lowest BCUT2D eigenvalue weighted by Gasteiger charge is -2.29. The zero-order chi connectivity index (χ0) is 12.3. The van der Waals surface area contributed by atoms with Crippen molar-refractivity contribution >= 4 is 24.0 Å². The summed E-state index contributed by atoms with van der Waals surface area (Å²) in [6.07, 6.45) is 3.05. The summed E-state index contributed by atoms with van der Waals surface area (Å²) < 4.78 is 5.41. The molecule has 2 heterocycles. The van der Waals surface area contributed by atoms with E-state index in [0.29, 0.717) is 24.7 Å². The Morgan fingerprint density at radius 3 is 2.78 bits per heavy atom. The van der Waals surface area contributed by atoms with E-state index in [-0.39, 0.29) is 30.5 Å². The summed E-state index contributed by atoms with van der Waals surface area (Å²) in [4.78, 5) is 20.0. The highest BCUT2D eigenvalue weighted by Gasteiger charge is 2.28. The number of morpholine rings is 1. The van der Waals surface area contributed by atoms with Gasteiger partial charge in [0.1, 0.15) is 11.9 Å². The van der Waals surface area contributed by atoms with Gasteiger partial charge in [-0.05, 0) is 13.8 Å². The van der Waals surface area contributed by atoms with E-state index in [1.165, 1.54) is 0 Å². The highest BCUT2D eigenvalue weighted by molar-refractivity contribution is 5.95. The number of aryl methyl sites for hydroxylation is 1. The van der Waals surface area contributed by atoms with Crippen molar-refractivity contribution < 1.29 is 9.53 Å². The average molecular weight is 273 g/mol. The van der Waals surface area contributed by atoms with Crippen LogP contribution in [0.2, 0.25) is 0 Å². The van der Waals surface area contributed by atoms with Crippen LogP contribution in [-0.2, 0) is 9.53 Å². The van der Waals surface area contributed by atoms with Gasteiger partial charge < -0.3 is 15.4 Å². The number of hydrogen-bond acceptors (Lipinski definition) is 5. The number of halogens is 1. The lowest BCUT2D eigenvalue weighted by atomic mass is 10.1. The Morgan fingerprint density at radius 2 is 2.17 bits per heavy atom. The maximum atomic E-state index is 12.0. The Kier molecular flexibility index (Phi) is 5.46. The molecule has 0 bridgehead atoms. The quantitative estimate of drug-likeness (QED) is 0.821. The molecule has 2 atom stereocenters. The molecule has 1 saturated heterocycles. The minimum absolute atomic E-state index is 0. The molecule has 18 heavy (non-hydrogen) atoms.